The lowest BCUT2D eigenvalue weighted by Gasteiger charge is -2.26. The van der Waals surface area contributed by atoms with Crippen molar-refractivity contribution >= 4 is 0 Å². The molecule has 0 radical (unpaired) electrons. The SMILES string of the molecule is CNC(c1ccc(C(C)C)cc1)C(OC)C1CC1. The van der Waals surface area contributed by atoms with Crippen LogP contribution < -0.4 is 5.32 Å². The van der Waals surface area contributed by atoms with Crippen molar-refractivity contribution < 1.29 is 4.74 Å². The summed E-state index contributed by atoms with van der Waals surface area (Å²) in [6.07, 6.45) is 2.92. The predicted molar refractivity (Wildman–Crippen MR) is 75.9 cm³/mol. The molecule has 1 N–H and O–H groups in total. The molecule has 1 fully saturated rings. The number of rotatable bonds is 6. The minimum Gasteiger partial charge on any atom is -0.379 e. The van der Waals surface area contributed by atoms with Gasteiger partial charge in [-0.25, -0.2) is 0 Å². The fourth-order valence-corrected chi connectivity index (χ4v) is 2.63. The smallest absolute Gasteiger partial charge is 0.0793 e. The Morgan fingerprint density at radius 2 is 1.67 bits per heavy atom. The summed E-state index contributed by atoms with van der Waals surface area (Å²) in [6, 6.07) is 9.27. The molecular formula is C16H25NO. The average Bonchev–Trinajstić information content (AvgIpc) is 3.20. The first-order chi connectivity index (χ1) is 8.67. The van der Waals surface area contributed by atoms with Crippen molar-refractivity contribution in [1.82, 2.24) is 5.32 Å². The molecule has 100 valence electrons. The van der Waals surface area contributed by atoms with E-state index in [1.54, 1.807) is 0 Å². The van der Waals surface area contributed by atoms with Gasteiger partial charge in [-0.15, -0.1) is 0 Å². The number of likely N-dealkylation sites (N-methyl/N-ethyl adjacent to an activating group) is 1. The van der Waals surface area contributed by atoms with Crippen molar-refractivity contribution in [3.05, 3.63) is 35.4 Å². The molecule has 0 amide bonds. The third-order valence-corrected chi connectivity index (χ3v) is 3.96. The average molecular weight is 247 g/mol. The van der Waals surface area contributed by atoms with Gasteiger partial charge in [-0.05, 0) is 42.9 Å². The summed E-state index contributed by atoms with van der Waals surface area (Å²) in [5.74, 6) is 1.32. The van der Waals surface area contributed by atoms with Gasteiger partial charge in [-0.3, -0.25) is 0 Å². The molecule has 2 unspecified atom stereocenters. The normalized spacial score (nSPS) is 18.9. The Morgan fingerprint density at radius 1 is 1.11 bits per heavy atom. The Kier molecular flexibility index (Phi) is 4.41. The summed E-state index contributed by atoms with van der Waals surface area (Å²) < 4.78 is 5.70. The third-order valence-electron chi connectivity index (χ3n) is 3.96. The molecular weight excluding hydrogens is 222 g/mol. The Labute approximate surface area is 111 Å². The zero-order valence-electron chi connectivity index (χ0n) is 11.9. The third kappa shape index (κ3) is 2.93. The van der Waals surface area contributed by atoms with E-state index in [9.17, 15) is 0 Å². The zero-order valence-corrected chi connectivity index (χ0v) is 11.9. The molecule has 18 heavy (non-hydrogen) atoms. The quantitative estimate of drug-likeness (QED) is 0.830. The number of methoxy groups -OCH3 is 1. The first-order valence-electron chi connectivity index (χ1n) is 6.97. The monoisotopic (exact) mass is 247 g/mol. The number of ether oxygens (including phenoxy) is 1. The highest BCUT2D eigenvalue weighted by Gasteiger charge is 2.36. The Hall–Kier alpha value is -0.860. The molecule has 0 aromatic heterocycles. The van der Waals surface area contributed by atoms with Gasteiger partial charge in [0.15, 0.2) is 0 Å². The van der Waals surface area contributed by atoms with Gasteiger partial charge in [0.2, 0.25) is 0 Å². The van der Waals surface area contributed by atoms with Crippen LogP contribution in [0.15, 0.2) is 24.3 Å². The van der Waals surface area contributed by atoms with Crippen LogP contribution in [0.4, 0.5) is 0 Å². The first-order valence-corrected chi connectivity index (χ1v) is 6.97. The van der Waals surface area contributed by atoms with Crippen LogP contribution in [0, 0.1) is 5.92 Å². The van der Waals surface area contributed by atoms with Crippen LogP contribution in [0.2, 0.25) is 0 Å². The van der Waals surface area contributed by atoms with Crippen LogP contribution in [0.3, 0.4) is 0 Å². The standard InChI is InChI=1S/C16H25NO/c1-11(2)12-5-7-13(8-6-12)15(17-3)16(18-4)14-9-10-14/h5-8,11,14-17H,9-10H2,1-4H3. The fourth-order valence-electron chi connectivity index (χ4n) is 2.63. The van der Waals surface area contributed by atoms with Gasteiger partial charge in [-0.1, -0.05) is 38.1 Å². The van der Waals surface area contributed by atoms with Crippen molar-refractivity contribution in [3.63, 3.8) is 0 Å². The largest absolute Gasteiger partial charge is 0.379 e. The predicted octanol–water partition coefficient (Wildman–Crippen LogP) is 3.50. The van der Waals surface area contributed by atoms with Crippen molar-refractivity contribution in [3.8, 4) is 0 Å². The van der Waals surface area contributed by atoms with E-state index in [0.717, 1.165) is 5.92 Å². The van der Waals surface area contributed by atoms with E-state index in [0.29, 0.717) is 18.1 Å². The van der Waals surface area contributed by atoms with E-state index in [1.807, 2.05) is 14.2 Å². The highest BCUT2D eigenvalue weighted by molar-refractivity contribution is 5.28. The van der Waals surface area contributed by atoms with Crippen molar-refractivity contribution in [2.75, 3.05) is 14.2 Å². The molecule has 1 aromatic carbocycles. The van der Waals surface area contributed by atoms with Crippen molar-refractivity contribution in [1.29, 1.82) is 0 Å². The highest BCUT2D eigenvalue weighted by atomic mass is 16.5. The molecule has 0 aliphatic heterocycles. The summed E-state index contributed by atoms with van der Waals surface area (Å²) in [6.45, 7) is 4.46. The molecule has 2 nitrogen and oxygen atoms in total. The number of nitrogens with one attached hydrogen (secondary N) is 1. The van der Waals surface area contributed by atoms with E-state index in [4.69, 9.17) is 4.74 Å². The minimum atomic E-state index is 0.305. The molecule has 2 rings (SSSR count). The molecule has 1 saturated carbocycles. The van der Waals surface area contributed by atoms with Gasteiger partial charge >= 0.3 is 0 Å². The first kappa shape index (κ1) is 13.6. The summed E-state index contributed by atoms with van der Waals surface area (Å²) in [7, 11) is 3.85. The van der Waals surface area contributed by atoms with Gasteiger partial charge in [-0.2, -0.15) is 0 Å². The maximum atomic E-state index is 5.70. The maximum Gasteiger partial charge on any atom is 0.0793 e. The number of hydrogen-bond acceptors (Lipinski definition) is 2. The Balaban J connectivity index is 2.15. The lowest BCUT2D eigenvalue weighted by molar-refractivity contribution is 0.0530. The highest BCUT2D eigenvalue weighted by Crippen LogP contribution is 2.39. The zero-order chi connectivity index (χ0) is 13.1. The van der Waals surface area contributed by atoms with Gasteiger partial charge < -0.3 is 10.1 Å². The number of benzene rings is 1. The molecule has 1 aliphatic carbocycles. The lowest BCUT2D eigenvalue weighted by atomic mass is 9.95. The molecule has 1 aromatic rings. The summed E-state index contributed by atoms with van der Waals surface area (Å²) in [5.41, 5.74) is 2.73. The van der Waals surface area contributed by atoms with Crippen molar-refractivity contribution in [2.45, 2.75) is 44.8 Å². The van der Waals surface area contributed by atoms with Gasteiger partial charge in [0.25, 0.3) is 0 Å². The molecule has 0 heterocycles. The van der Waals surface area contributed by atoms with E-state index >= 15 is 0 Å². The topological polar surface area (TPSA) is 21.3 Å². The fraction of sp³-hybridized carbons (Fsp3) is 0.625. The van der Waals surface area contributed by atoms with Crippen molar-refractivity contribution in [2.24, 2.45) is 5.92 Å². The van der Waals surface area contributed by atoms with Crippen LogP contribution in [0.25, 0.3) is 0 Å². The number of hydrogen-bond donors (Lipinski definition) is 1. The van der Waals surface area contributed by atoms with Gasteiger partial charge in [0.1, 0.15) is 0 Å². The van der Waals surface area contributed by atoms with Crippen LogP contribution in [-0.2, 0) is 4.74 Å². The Bertz CT molecular complexity index is 367. The lowest BCUT2D eigenvalue weighted by Crippen LogP contribution is -2.32. The molecule has 2 atom stereocenters. The van der Waals surface area contributed by atoms with E-state index in [-0.39, 0.29) is 0 Å². The summed E-state index contributed by atoms with van der Waals surface area (Å²) in [5, 5.41) is 3.41. The van der Waals surface area contributed by atoms with E-state index < -0.39 is 0 Å². The second-order valence-corrected chi connectivity index (χ2v) is 5.63. The molecule has 0 saturated heterocycles. The molecule has 0 spiro atoms. The molecule has 1 aliphatic rings. The van der Waals surface area contributed by atoms with Crippen LogP contribution in [0.1, 0.15) is 49.8 Å². The molecule has 0 bridgehead atoms. The van der Waals surface area contributed by atoms with Crippen LogP contribution >= 0.6 is 0 Å². The minimum absolute atomic E-state index is 0.305. The Morgan fingerprint density at radius 3 is 2.06 bits per heavy atom. The van der Waals surface area contributed by atoms with Crippen LogP contribution in [-0.4, -0.2) is 20.3 Å². The second-order valence-electron chi connectivity index (χ2n) is 5.63. The summed E-state index contributed by atoms with van der Waals surface area (Å²) in [4.78, 5) is 0. The molecule has 2 heteroatoms. The second kappa shape index (κ2) is 5.85. The van der Waals surface area contributed by atoms with E-state index in [2.05, 4.69) is 43.4 Å². The maximum absolute atomic E-state index is 5.70. The van der Waals surface area contributed by atoms with Gasteiger partial charge in [0.05, 0.1) is 12.1 Å². The van der Waals surface area contributed by atoms with E-state index in [1.165, 1.54) is 24.0 Å². The van der Waals surface area contributed by atoms with Crippen LogP contribution in [0.5, 0.6) is 0 Å². The van der Waals surface area contributed by atoms with Gasteiger partial charge in [0, 0.05) is 7.11 Å². The summed E-state index contributed by atoms with van der Waals surface area (Å²) >= 11 is 0.